The van der Waals surface area contributed by atoms with E-state index in [0.29, 0.717) is 56.9 Å². The summed E-state index contributed by atoms with van der Waals surface area (Å²) in [5, 5.41) is 43.1. The first-order valence-electron chi connectivity index (χ1n) is 24.1. The fourth-order valence-electron chi connectivity index (χ4n) is 9.95. The van der Waals surface area contributed by atoms with E-state index in [1.54, 1.807) is 33.8 Å². The molecule has 1 saturated carbocycles. The van der Waals surface area contributed by atoms with Crippen molar-refractivity contribution in [2.45, 2.75) is 180 Å². The molecule has 3 fully saturated rings. The van der Waals surface area contributed by atoms with Crippen LogP contribution in [0.25, 0.3) is 0 Å². The highest BCUT2D eigenvalue weighted by molar-refractivity contribution is 6.39. The van der Waals surface area contributed by atoms with E-state index in [0.717, 1.165) is 18.4 Å². The minimum absolute atomic E-state index is 0.00152. The van der Waals surface area contributed by atoms with E-state index in [4.69, 9.17) is 18.9 Å². The van der Waals surface area contributed by atoms with E-state index in [2.05, 4.69) is 0 Å². The maximum atomic E-state index is 14.3. The van der Waals surface area contributed by atoms with Gasteiger partial charge in [0.15, 0.2) is 5.78 Å². The number of ether oxygens (including phenoxy) is 4. The smallest absolute Gasteiger partial charge is 0.329 e. The van der Waals surface area contributed by atoms with Crippen LogP contribution in [0.1, 0.15) is 132 Å². The summed E-state index contributed by atoms with van der Waals surface area (Å²) in [6.07, 6.45) is 12.4. The Labute approximate surface area is 386 Å². The zero-order chi connectivity index (χ0) is 48.0. The Bertz CT molecular complexity index is 1730. The van der Waals surface area contributed by atoms with Gasteiger partial charge in [0.05, 0.1) is 31.5 Å². The van der Waals surface area contributed by atoms with Gasteiger partial charge < -0.3 is 44.3 Å². The number of allylic oxidation sites excluding steroid dienone is 6. The number of ketones is 3. The summed E-state index contributed by atoms with van der Waals surface area (Å²) in [4.78, 5) is 71.7. The van der Waals surface area contributed by atoms with Crippen LogP contribution in [-0.4, -0.2) is 130 Å². The predicted octanol–water partition coefficient (Wildman–Crippen LogP) is 5.92. The summed E-state index contributed by atoms with van der Waals surface area (Å²) in [7, 11) is 1.37. The number of aliphatic hydroxyl groups excluding tert-OH is 3. The van der Waals surface area contributed by atoms with Crippen LogP contribution in [-0.2, 0) is 42.9 Å². The van der Waals surface area contributed by atoms with Gasteiger partial charge in [-0.15, -0.1) is 0 Å². The van der Waals surface area contributed by atoms with Crippen LogP contribution in [0, 0.1) is 35.5 Å². The Balaban J connectivity index is 1.71. The van der Waals surface area contributed by atoms with E-state index >= 15 is 0 Å². The number of aliphatic hydroxyl groups is 4. The van der Waals surface area contributed by atoms with Gasteiger partial charge >= 0.3 is 5.97 Å². The van der Waals surface area contributed by atoms with Crippen molar-refractivity contribution in [3.63, 3.8) is 0 Å². The number of piperidine rings is 1. The molecule has 3 aliphatic heterocycles. The van der Waals surface area contributed by atoms with Crippen LogP contribution in [0.5, 0.6) is 0 Å². The van der Waals surface area contributed by atoms with Gasteiger partial charge in [-0.3, -0.25) is 19.2 Å². The number of hydrogen-bond acceptors (Lipinski definition) is 13. The molecule has 4 rings (SSSR count). The lowest BCUT2D eigenvalue weighted by Gasteiger charge is -2.42. The number of nitrogens with zero attached hydrogens (tertiary/aromatic N) is 1. The van der Waals surface area contributed by atoms with Crippen molar-refractivity contribution < 1.29 is 63.3 Å². The molecule has 0 aromatic rings. The average molecular weight is 914 g/mol. The van der Waals surface area contributed by atoms with Gasteiger partial charge in [-0.1, -0.05) is 71.1 Å². The summed E-state index contributed by atoms with van der Waals surface area (Å²) >= 11 is 0. The maximum Gasteiger partial charge on any atom is 0.329 e. The Morgan fingerprint density at radius 1 is 0.892 bits per heavy atom. The SMILES string of the molecule is CO[C@H]1C(=O)[C@H](C)C[C@H](C)/C=C/C=C/C=C(\C)C(OCCO)C[C@@H]2CC[C@@H](C)[C@@](O)(O2)C(=O)C(=O)N2CCCC[C@H]2C(=O)O[C@H]([C@H](C)CC2CCC(O)CC2)CC(=O)[C@H](C)/C=C(\C)[C@H]1O. The Morgan fingerprint density at radius 2 is 1.60 bits per heavy atom. The van der Waals surface area contributed by atoms with Gasteiger partial charge in [-0.05, 0) is 113 Å². The molecule has 366 valence electrons. The number of carbonyl (C=O) groups is 5. The number of fused-ring (bicyclic) bond motifs is 3. The standard InChI is InChI=1S/C51H79NO13/c1-31-14-10-9-11-15-32(2)43(63-25-24-53)29-40-22-17-37(7)51(61,65-40)48(58)49(59)52-23-13-12-16-41(52)50(60)64-44(34(4)28-38-18-20-39(54)21-19-38)30-42(55)33(3)27-36(6)46(57)47(62-8)45(56)35(5)26-31/h9-11,14-15,27,31,33-35,37-41,43-44,46-47,53-54,57,61H,12-13,16-26,28-30H2,1-8H3/b11-9+,14-10+,32-15+,36-27+/t31-,33-,34-,35-,37-,38?,39?,40+,41+,43?,44+,46-,47+,51-/m1/s1. The van der Waals surface area contributed by atoms with Gasteiger partial charge in [0.25, 0.3) is 11.7 Å². The van der Waals surface area contributed by atoms with E-state index in [-0.39, 0.29) is 74.4 Å². The molecule has 1 amide bonds. The number of carbonyl (C=O) groups excluding carboxylic acids is 5. The second-order valence-corrected chi connectivity index (χ2v) is 19.6. The molecule has 4 N–H and O–H groups in total. The van der Waals surface area contributed by atoms with Gasteiger partial charge in [0.1, 0.15) is 30.1 Å². The molecule has 3 heterocycles. The molecule has 1 aliphatic carbocycles. The highest BCUT2D eigenvalue weighted by atomic mass is 16.6. The summed E-state index contributed by atoms with van der Waals surface area (Å²) in [6.45, 7) is 12.5. The summed E-state index contributed by atoms with van der Waals surface area (Å²) in [6, 6.07) is -1.14. The van der Waals surface area contributed by atoms with Crippen LogP contribution in [0.4, 0.5) is 0 Å². The number of amides is 1. The fourth-order valence-corrected chi connectivity index (χ4v) is 9.95. The maximum absolute atomic E-state index is 14.3. The number of Topliss-reactive ketones (excluding diaryl/α,β-unsaturated/α-hetero) is 3. The molecule has 4 aliphatic rings. The third-order valence-electron chi connectivity index (χ3n) is 14.3. The van der Waals surface area contributed by atoms with Crippen molar-refractivity contribution in [3.05, 3.63) is 47.6 Å². The summed E-state index contributed by atoms with van der Waals surface area (Å²) in [5.41, 5.74) is 1.19. The number of rotatable bonds is 7. The Morgan fingerprint density at radius 3 is 2.28 bits per heavy atom. The van der Waals surface area contributed by atoms with Crippen molar-refractivity contribution in [3.8, 4) is 0 Å². The lowest BCUT2D eigenvalue weighted by molar-refractivity contribution is -0.266. The monoisotopic (exact) mass is 914 g/mol. The lowest BCUT2D eigenvalue weighted by Crippen LogP contribution is -2.61. The summed E-state index contributed by atoms with van der Waals surface area (Å²) < 4.78 is 24.0. The molecule has 2 saturated heterocycles. The molecule has 0 spiro atoms. The molecular weight excluding hydrogens is 835 g/mol. The highest BCUT2D eigenvalue weighted by Gasteiger charge is 2.53. The van der Waals surface area contributed by atoms with Crippen LogP contribution in [0.2, 0.25) is 0 Å². The second kappa shape index (κ2) is 25.7. The minimum atomic E-state index is -2.47. The first-order chi connectivity index (χ1) is 30.8. The van der Waals surface area contributed by atoms with Crippen molar-refractivity contribution in [1.29, 1.82) is 0 Å². The number of methoxy groups -OCH3 is 1. The fraction of sp³-hybridized carbons (Fsp3) is 0.745. The zero-order valence-corrected chi connectivity index (χ0v) is 40.2. The van der Waals surface area contributed by atoms with Crippen molar-refractivity contribution in [1.82, 2.24) is 4.90 Å². The van der Waals surface area contributed by atoms with E-state index < -0.39 is 77.8 Å². The van der Waals surface area contributed by atoms with Crippen LogP contribution < -0.4 is 0 Å². The number of hydrogen-bond donors (Lipinski definition) is 4. The Kier molecular flexibility index (Phi) is 21.4. The molecule has 12 atom stereocenters. The second-order valence-electron chi connectivity index (χ2n) is 19.6. The lowest BCUT2D eigenvalue weighted by atomic mass is 9.79. The molecule has 1 unspecified atom stereocenters. The van der Waals surface area contributed by atoms with Gasteiger partial charge in [0, 0.05) is 44.2 Å². The number of esters is 1. The number of cyclic esters (lactones) is 1. The van der Waals surface area contributed by atoms with Crippen LogP contribution in [0.15, 0.2) is 47.6 Å². The van der Waals surface area contributed by atoms with Crippen molar-refractivity contribution in [2.75, 3.05) is 26.9 Å². The van der Waals surface area contributed by atoms with Gasteiger partial charge in [0.2, 0.25) is 5.79 Å². The van der Waals surface area contributed by atoms with Crippen molar-refractivity contribution >= 4 is 29.2 Å². The molecule has 14 nitrogen and oxygen atoms in total. The van der Waals surface area contributed by atoms with E-state index in [1.807, 2.05) is 51.2 Å². The van der Waals surface area contributed by atoms with E-state index in [1.165, 1.54) is 12.0 Å². The molecule has 14 heteroatoms. The third-order valence-corrected chi connectivity index (χ3v) is 14.3. The molecular formula is C51H79NO13. The molecule has 0 aromatic heterocycles. The van der Waals surface area contributed by atoms with Crippen LogP contribution in [0.3, 0.4) is 0 Å². The largest absolute Gasteiger partial charge is 0.460 e. The first-order valence-corrected chi connectivity index (χ1v) is 24.1. The van der Waals surface area contributed by atoms with E-state index in [9.17, 15) is 44.4 Å². The predicted molar refractivity (Wildman–Crippen MR) is 245 cm³/mol. The van der Waals surface area contributed by atoms with Gasteiger partial charge in [-0.2, -0.15) is 0 Å². The quantitative estimate of drug-likeness (QED) is 0.133. The highest BCUT2D eigenvalue weighted by Crippen LogP contribution is 2.37. The van der Waals surface area contributed by atoms with Crippen LogP contribution >= 0.6 is 0 Å². The summed E-state index contributed by atoms with van der Waals surface area (Å²) in [5.74, 6) is -7.89. The molecule has 0 radical (unpaired) electrons. The minimum Gasteiger partial charge on any atom is -0.460 e. The average Bonchev–Trinajstić information content (AvgIpc) is 3.28. The third kappa shape index (κ3) is 15.1. The van der Waals surface area contributed by atoms with Gasteiger partial charge in [-0.25, -0.2) is 4.79 Å². The topological polar surface area (TPSA) is 206 Å². The molecule has 0 aromatic carbocycles. The normalized spacial score (nSPS) is 39.3. The Hall–Kier alpha value is -3.37. The molecule has 65 heavy (non-hydrogen) atoms. The first kappa shape index (κ1) is 54.2. The van der Waals surface area contributed by atoms with Crippen molar-refractivity contribution in [2.24, 2.45) is 35.5 Å². The molecule has 2 bridgehead atoms. The zero-order valence-electron chi connectivity index (χ0n) is 40.2.